The number of nitrogens with one attached hydrogen (secondary N) is 1. The number of carbonyl (C=O) groups is 1. The quantitative estimate of drug-likeness (QED) is 0.351. The van der Waals surface area contributed by atoms with E-state index in [1.54, 1.807) is 0 Å². The largest absolute Gasteiger partial charge is 0.378 e. The fraction of sp³-hybridized carbons (Fsp3) is 0.652. The highest BCUT2D eigenvalue weighted by atomic mass is 127. The van der Waals surface area contributed by atoms with Gasteiger partial charge in [-0.2, -0.15) is 0 Å². The van der Waals surface area contributed by atoms with Gasteiger partial charge in [-0.05, 0) is 51.3 Å². The number of likely N-dealkylation sites (tertiary alicyclic amines) is 1. The highest BCUT2D eigenvalue weighted by Gasteiger charge is 2.26. The van der Waals surface area contributed by atoms with Crippen LogP contribution in [0, 0.1) is 0 Å². The third-order valence-corrected chi connectivity index (χ3v) is 5.71. The molecule has 1 N–H and O–H groups in total. The fourth-order valence-electron chi connectivity index (χ4n) is 4.27. The van der Waals surface area contributed by atoms with Crippen LogP contribution >= 0.6 is 24.0 Å². The summed E-state index contributed by atoms with van der Waals surface area (Å²) in [5.41, 5.74) is 1.85. The molecule has 0 aliphatic carbocycles. The van der Waals surface area contributed by atoms with Gasteiger partial charge in [0.1, 0.15) is 0 Å². The zero-order valence-corrected chi connectivity index (χ0v) is 21.5. The lowest BCUT2D eigenvalue weighted by Crippen LogP contribution is -2.48. The molecule has 1 amide bonds. The molecule has 1 aromatic rings. The van der Waals surface area contributed by atoms with Crippen LogP contribution in [0.2, 0.25) is 0 Å². The van der Waals surface area contributed by atoms with E-state index in [0.717, 1.165) is 49.6 Å². The van der Waals surface area contributed by atoms with Crippen molar-refractivity contribution in [3.05, 3.63) is 35.4 Å². The molecule has 0 radical (unpaired) electrons. The Morgan fingerprint density at radius 3 is 2.29 bits per heavy atom. The molecule has 2 saturated heterocycles. The summed E-state index contributed by atoms with van der Waals surface area (Å²) in [6, 6.07) is 7.87. The number of guanidine groups is 1. The summed E-state index contributed by atoms with van der Waals surface area (Å²) >= 11 is 0. The van der Waals surface area contributed by atoms with Gasteiger partial charge >= 0.3 is 0 Å². The van der Waals surface area contributed by atoms with E-state index in [1.807, 2.05) is 57.0 Å². The number of carbonyl (C=O) groups excluding carboxylic acids is 1. The second-order valence-corrected chi connectivity index (χ2v) is 8.21. The van der Waals surface area contributed by atoms with Gasteiger partial charge < -0.3 is 24.6 Å². The summed E-state index contributed by atoms with van der Waals surface area (Å²) in [5.74, 6) is 0.992. The standard InChI is InChI=1S/C23H36N4O3.HI/c1-5-29-21-10-12-26(13-11-21)23(24-4)25-14-19-6-8-20(9-7-19)22(28)27-15-17(2)30-18(3)16-27;/h6-9,17-18,21H,5,10-16H2,1-4H3,(H,24,25);1H. The number of hydrogen-bond donors (Lipinski definition) is 1. The molecule has 2 aliphatic heterocycles. The highest BCUT2D eigenvalue weighted by molar-refractivity contribution is 14.0. The van der Waals surface area contributed by atoms with Crippen molar-refractivity contribution in [2.24, 2.45) is 4.99 Å². The molecule has 2 fully saturated rings. The van der Waals surface area contributed by atoms with Crippen molar-refractivity contribution in [1.29, 1.82) is 0 Å². The number of hydrogen-bond acceptors (Lipinski definition) is 4. The summed E-state index contributed by atoms with van der Waals surface area (Å²) in [5, 5.41) is 3.45. The predicted molar refractivity (Wildman–Crippen MR) is 134 cm³/mol. The molecule has 8 heteroatoms. The maximum absolute atomic E-state index is 12.8. The number of nitrogens with zero attached hydrogens (tertiary/aromatic N) is 3. The van der Waals surface area contributed by atoms with E-state index >= 15 is 0 Å². The van der Waals surface area contributed by atoms with E-state index in [1.165, 1.54) is 0 Å². The molecular weight excluding hydrogens is 507 g/mol. The molecule has 1 aromatic carbocycles. The zero-order valence-electron chi connectivity index (χ0n) is 19.2. The molecule has 31 heavy (non-hydrogen) atoms. The van der Waals surface area contributed by atoms with E-state index in [4.69, 9.17) is 9.47 Å². The van der Waals surface area contributed by atoms with Crippen LogP contribution in [0.5, 0.6) is 0 Å². The van der Waals surface area contributed by atoms with Gasteiger partial charge in [0.15, 0.2) is 5.96 Å². The number of rotatable bonds is 5. The molecule has 0 saturated carbocycles. The minimum absolute atomic E-state index is 0. The Morgan fingerprint density at radius 1 is 1.13 bits per heavy atom. The van der Waals surface area contributed by atoms with Gasteiger partial charge in [0.05, 0.1) is 18.3 Å². The fourth-order valence-corrected chi connectivity index (χ4v) is 4.27. The normalized spacial score (nSPS) is 22.8. The Labute approximate surface area is 203 Å². The van der Waals surface area contributed by atoms with Crippen molar-refractivity contribution >= 4 is 35.8 Å². The van der Waals surface area contributed by atoms with Gasteiger partial charge in [0.25, 0.3) is 5.91 Å². The first-order valence-electron chi connectivity index (χ1n) is 11.1. The van der Waals surface area contributed by atoms with Crippen LogP contribution < -0.4 is 5.32 Å². The second-order valence-electron chi connectivity index (χ2n) is 8.21. The predicted octanol–water partition coefficient (Wildman–Crippen LogP) is 3.13. The maximum atomic E-state index is 12.8. The Balaban J connectivity index is 0.00000341. The van der Waals surface area contributed by atoms with Gasteiger partial charge in [-0.3, -0.25) is 9.79 Å². The lowest BCUT2D eigenvalue weighted by molar-refractivity contribution is -0.0586. The number of benzene rings is 1. The van der Waals surface area contributed by atoms with Gasteiger partial charge in [0, 0.05) is 51.9 Å². The van der Waals surface area contributed by atoms with Crippen molar-refractivity contribution < 1.29 is 14.3 Å². The van der Waals surface area contributed by atoms with Crippen molar-refractivity contribution in [3.63, 3.8) is 0 Å². The lowest BCUT2D eigenvalue weighted by atomic mass is 10.1. The van der Waals surface area contributed by atoms with Crippen molar-refractivity contribution in [2.75, 3.05) is 39.8 Å². The van der Waals surface area contributed by atoms with Crippen LogP contribution in [0.25, 0.3) is 0 Å². The third kappa shape index (κ3) is 7.32. The molecule has 174 valence electrons. The molecule has 0 aromatic heterocycles. The SMILES string of the molecule is CCOC1CCN(C(=NC)NCc2ccc(C(=O)N3CC(C)OC(C)C3)cc2)CC1.I. The van der Waals surface area contributed by atoms with Crippen LogP contribution in [-0.4, -0.2) is 79.8 Å². The summed E-state index contributed by atoms with van der Waals surface area (Å²) in [4.78, 5) is 21.4. The van der Waals surface area contributed by atoms with E-state index in [9.17, 15) is 4.79 Å². The molecule has 0 spiro atoms. The first-order chi connectivity index (χ1) is 14.5. The lowest BCUT2D eigenvalue weighted by Gasteiger charge is -2.35. The van der Waals surface area contributed by atoms with Gasteiger partial charge in [-0.25, -0.2) is 0 Å². The summed E-state index contributed by atoms with van der Waals surface area (Å²) in [6.45, 7) is 10.7. The first kappa shape index (κ1) is 25.9. The van der Waals surface area contributed by atoms with Crippen LogP contribution in [0.4, 0.5) is 0 Å². The summed E-state index contributed by atoms with van der Waals surface area (Å²) < 4.78 is 11.5. The van der Waals surface area contributed by atoms with Gasteiger partial charge in [-0.15, -0.1) is 24.0 Å². The number of amides is 1. The average molecular weight is 544 g/mol. The minimum Gasteiger partial charge on any atom is -0.378 e. The molecule has 2 unspecified atom stereocenters. The first-order valence-corrected chi connectivity index (χ1v) is 11.1. The summed E-state index contributed by atoms with van der Waals surface area (Å²) in [6.07, 6.45) is 2.58. The number of ether oxygens (including phenoxy) is 2. The zero-order chi connectivity index (χ0) is 21.5. The smallest absolute Gasteiger partial charge is 0.254 e. The van der Waals surface area contributed by atoms with E-state index in [-0.39, 0.29) is 42.1 Å². The van der Waals surface area contributed by atoms with Crippen molar-refractivity contribution in [2.45, 2.75) is 58.5 Å². The molecule has 0 bridgehead atoms. The van der Waals surface area contributed by atoms with Crippen LogP contribution in [0.15, 0.2) is 29.3 Å². The molecule has 2 aliphatic rings. The number of aliphatic imine (C=N–C) groups is 1. The monoisotopic (exact) mass is 544 g/mol. The average Bonchev–Trinajstić information content (AvgIpc) is 2.75. The third-order valence-electron chi connectivity index (χ3n) is 5.71. The maximum Gasteiger partial charge on any atom is 0.254 e. The van der Waals surface area contributed by atoms with Crippen LogP contribution in [0.3, 0.4) is 0 Å². The number of morpholine rings is 1. The molecule has 3 rings (SSSR count). The van der Waals surface area contributed by atoms with Crippen LogP contribution in [-0.2, 0) is 16.0 Å². The molecule has 2 heterocycles. The van der Waals surface area contributed by atoms with Crippen molar-refractivity contribution in [3.8, 4) is 0 Å². The minimum atomic E-state index is 0. The Morgan fingerprint density at radius 2 is 1.74 bits per heavy atom. The highest BCUT2D eigenvalue weighted by Crippen LogP contribution is 2.16. The number of piperidine rings is 1. The summed E-state index contributed by atoms with van der Waals surface area (Å²) in [7, 11) is 1.82. The topological polar surface area (TPSA) is 66.4 Å². The Bertz CT molecular complexity index is 710. The van der Waals surface area contributed by atoms with Crippen LogP contribution in [0.1, 0.15) is 49.5 Å². The van der Waals surface area contributed by atoms with E-state index in [2.05, 4.69) is 15.2 Å². The Kier molecular flexibility index (Phi) is 10.5. The Hall–Kier alpha value is -1.39. The van der Waals surface area contributed by atoms with Gasteiger partial charge in [-0.1, -0.05) is 12.1 Å². The van der Waals surface area contributed by atoms with E-state index in [0.29, 0.717) is 25.7 Å². The van der Waals surface area contributed by atoms with Crippen molar-refractivity contribution in [1.82, 2.24) is 15.1 Å². The molecule has 2 atom stereocenters. The van der Waals surface area contributed by atoms with E-state index < -0.39 is 0 Å². The second kappa shape index (κ2) is 12.6. The number of halogens is 1. The molecule has 7 nitrogen and oxygen atoms in total. The van der Waals surface area contributed by atoms with Gasteiger partial charge in [0.2, 0.25) is 0 Å². The molecular formula is C23H37IN4O3.